The van der Waals surface area contributed by atoms with E-state index >= 15 is 0 Å². The van der Waals surface area contributed by atoms with E-state index in [2.05, 4.69) is 53.9 Å². The molecule has 0 fully saturated rings. The van der Waals surface area contributed by atoms with E-state index in [1.54, 1.807) is 0 Å². The van der Waals surface area contributed by atoms with Gasteiger partial charge in [-0.05, 0) is 52.3 Å². The average molecular weight is 471 g/mol. The van der Waals surface area contributed by atoms with Crippen LogP contribution in [-0.2, 0) is 0 Å². The molecule has 3 aromatic carbocycles. The first kappa shape index (κ1) is 15.9. The van der Waals surface area contributed by atoms with E-state index in [9.17, 15) is 5.11 Å². The molecule has 1 aliphatic heterocycles. The Labute approximate surface area is 166 Å². The predicted octanol–water partition coefficient (Wildman–Crippen LogP) is 5.91. The standard InChI is InChI=1S/C20H13Br2N3O/c21-11-9-13(18(26)14(22)10-11)20-23-15-6-2-1-5-12(15)19-24-16-7-3-4-8-17(16)25(19)20/h1-10,20,23,26H/t20-/m0/s1. The summed E-state index contributed by atoms with van der Waals surface area (Å²) < 4.78 is 3.68. The topological polar surface area (TPSA) is 50.1 Å². The molecule has 26 heavy (non-hydrogen) atoms. The van der Waals surface area contributed by atoms with Crippen molar-refractivity contribution in [1.29, 1.82) is 0 Å². The number of para-hydroxylation sites is 3. The summed E-state index contributed by atoms with van der Waals surface area (Å²) in [6, 6.07) is 19.9. The molecule has 6 heteroatoms. The van der Waals surface area contributed by atoms with Crippen molar-refractivity contribution in [3.63, 3.8) is 0 Å². The number of phenols is 1. The van der Waals surface area contributed by atoms with Crippen molar-refractivity contribution < 1.29 is 5.11 Å². The normalized spacial score (nSPS) is 15.4. The summed E-state index contributed by atoms with van der Waals surface area (Å²) in [5, 5.41) is 14.3. The van der Waals surface area contributed by atoms with Crippen molar-refractivity contribution in [3.8, 4) is 17.1 Å². The van der Waals surface area contributed by atoms with Crippen molar-refractivity contribution in [2.24, 2.45) is 0 Å². The Hall–Kier alpha value is -2.31. The SMILES string of the molecule is Oc1c(Br)cc(Br)cc1[C@H]1Nc2ccccc2-c2nc3ccccc3n21. The van der Waals surface area contributed by atoms with Crippen LogP contribution in [0.5, 0.6) is 5.75 Å². The summed E-state index contributed by atoms with van der Waals surface area (Å²) >= 11 is 6.98. The van der Waals surface area contributed by atoms with Gasteiger partial charge in [0.05, 0.1) is 15.5 Å². The van der Waals surface area contributed by atoms with Crippen LogP contribution in [0.15, 0.2) is 69.6 Å². The molecule has 5 rings (SSSR count). The Morgan fingerprint density at radius 2 is 1.77 bits per heavy atom. The number of nitrogens with zero attached hydrogens (tertiary/aromatic N) is 2. The molecule has 0 amide bonds. The van der Waals surface area contributed by atoms with Crippen molar-refractivity contribution >= 4 is 48.6 Å². The first-order valence-corrected chi connectivity index (χ1v) is 9.73. The molecule has 2 heterocycles. The maximum Gasteiger partial charge on any atom is 0.145 e. The number of imidazole rings is 1. The van der Waals surface area contributed by atoms with Gasteiger partial charge in [-0.3, -0.25) is 4.57 Å². The van der Waals surface area contributed by atoms with E-state index < -0.39 is 0 Å². The number of hydrogen-bond acceptors (Lipinski definition) is 3. The van der Waals surface area contributed by atoms with Crippen LogP contribution >= 0.6 is 31.9 Å². The first-order valence-electron chi connectivity index (χ1n) is 8.14. The third-order valence-corrected chi connectivity index (χ3v) is 5.73. The highest BCUT2D eigenvalue weighted by Crippen LogP contribution is 2.44. The lowest BCUT2D eigenvalue weighted by Gasteiger charge is -2.31. The molecule has 0 aliphatic carbocycles. The largest absolute Gasteiger partial charge is 0.506 e. The summed E-state index contributed by atoms with van der Waals surface area (Å²) in [6.45, 7) is 0. The van der Waals surface area contributed by atoms with Gasteiger partial charge in [-0.1, -0.05) is 40.2 Å². The smallest absolute Gasteiger partial charge is 0.145 e. The van der Waals surface area contributed by atoms with E-state index in [0.29, 0.717) is 4.47 Å². The predicted molar refractivity (Wildman–Crippen MR) is 110 cm³/mol. The van der Waals surface area contributed by atoms with Crippen molar-refractivity contribution in [3.05, 3.63) is 75.2 Å². The summed E-state index contributed by atoms with van der Waals surface area (Å²) in [7, 11) is 0. The quantitative estimate of drug-likeness (QED) is 0.363. The van der Waals surface area contributed by atoms with Crippen LogP contribution < -0.4 is 5.32 Å². The molecule has 1 aliphatic rings. The fourth-order valence-electron chi connectivity index (χ4n) is 3.52. The second kappa shape index (κ2) is 5.86. The van der Waals surface area contributed by atoms with Gasteiger partial charge in [0.1, 0.15) is 17.7 Å². The van der Waals surface area contributed by atoms with Crippen LogP contribution in [0.1, 0.15) is 11.7 Å². The number of nitrogens with one attached hydrogen (secondary N) is 1. The molecule has 4 nitrogen and oxygen atoms in total. The number of rotatable bonds is 1. The zero-order chi connectivity index (χ0) is 17.8. The highest BCUT2D eigenvalue weighted by Gasteiger charge is 2.30. The number of aromatic hydroxyl groups is 1. The maximum atomic E-state index is 10.7. The minimum absolute atomic E-state index is 0.216. The van der Waals surface area contributed by atoms with Gasteiger partial charge >= 0.3 is 0 Å². The van der Waals surface area contributed by atoms with Gasteiger partial charge in [-0.15, -0.1) is 0 Å². The fraction of sp³-hybridized carbons (Fsp3) is 0.0500. The Morgan fingerprint density at radius 1 is 1.00 bits per heavy atom. The summed E-state index contributed by atoms with van der Waals surface area (Å²) in [5.41, 5.74) is 4.76. The molecule has 0 spiro atoms. The maximum absolute atomic E-state index is 10.7. The molecule has 1 aromatic heterocycles. The van der Waals surface area contributed by atoms with Crippen LogP contribution in [-0.4, -0.2) is 14.7 Å². The van der Waals surface area contributed by atoms with E-state index in [-0.39, 0.29) is 11.9 Å². The number of phenolic OH excluding ortho intramolecular Hbond substituents is 1. The zero-order valence-corrected chi connectivity index (χ0v) is 16.6. The first-order chi connectivity index (χ1) is 12.6. The van der Waals surface area contributed by atoms with Gasteiger partial charge in [0.25, 0.3) is 0 Å². The third kappa shape index (κ3) is 2.29. The zero-order valence-electron chi connectivity index (χ0n) is 13.4. The Balaban J connectivity index is 1.85. The number of anilines is 1. The average Bonchev–Trinajstić information content (AvgIpc) is 3.04. The third-order valence-electron chi connectivity index (χ3n) is 4.67. The Morgan fingerprint density at radius 3 is 2.65 bits per heavy atom. The highest BCUT2D eigenvalue weighted by atomic mass is 79.9. The summed E-state index contributed by atoms with van der Waals surface area (Å²) in [4.78, 5) is 4.86. The van der Waals surface area contributed by atoms with Crippen LogP contribution in [0.4, 0.5) is 5.69 Å². The Bertz CT molecular complexity index is 1170. The molecule has 2 N–H and O–H groups in total. The molecule has 0 radical (unpaired) electrons. The minimum Gasteiger partial charge on any atom is -0.506 e. The van der Waals surface area contributed by atoms with E-state index in [0.717, 1.165) is 38.1 Å². The molecular formula is C20H13Br2N3O. The summed E-state index contributed by atoms with van der Waals surface area (Å²) in [5.74, 6) is 1.11. The molecule has 0 unspecified atom stereocenters. The number of aromatic nitrogens is 2. The number of halogens is 2. The van der Waals surface area contributed by atoms with Crippen molar-refractivity contribution in [1.82, 2.24) is 9.55 Å². The molecule has 4 aromatic rings. The second-order valence-corrected chi connectivity index (χ2v) is 7.98. The fourth-order valence-corrected chi connectivity index (χ4v) is 4.78. The lowest BCUT2D eigenvalue weighted by atomic mass is 10.0. The van der Waals surface area contributed by atoms with Crippen LogP contribution in [0.2, 0.25) is 0 Å². The molecule has 128 valence electrons. The number of hydrogen-bond donors (Lipinski definition) is 2. The lowest BCUT2D eigenvalue weighted by molar-refractivity contribution is 0.456. The molecular weight excluding hydrogens is 458 g/mol. The Kier molecular flexibility index (Phi) is 3.58. The van der Waals surface area contributed by atoms with E-state index in [1.807, 2.05) is 48.5 Å². The van der Waals surface area contributed by atoms with Gasteiger partial charge in [0, 0.05) is 21.3 Å². The van der Waals surface area contributed by atoms with Gasteiger partial charge in [0.2, 0.25) is 0 Å². The van der Waals surface area contributed by atoms with Gasteiger partial charge in [-0.25, -0.2) is 4.98 Å². The van der Waals surface area contributed by atoms with Gasteiger partial charge < -0.3 is 10.4 Å². The molecule has 0 saturated carbocycles. The minimum atomic E-state index is -0.277. The molecule has 0 saturated heterocycles. The molecule has 0 bridgehead atoms. The van der Waals surface area contributed by atoms with Crippen LogP contribution in [0.25, 0.3) is 22.4 Å². The van der Waals surface area contributed by atoms with E-state index in [1.165, 1.54) is 0 Å². The number of fused-ring (bicyclic) bond motifs is 5. The van der Waals surface area contributed by atoms with Gasteiger partial charge in [-0.2, -0.15) is 0 Å². The second-order valence-electron chi connectivity index (χ2n) is 6.21. The van der Waals surface area contributed by atoms with Crippen LogP contribution in [0, 0.1) is 0 Å². The van der Waals surface area contributed by atoms with Crippen molar-refractivity contribution in [2.75, 3.05) is 5.32 Å². The van der Waals surface area contributed by atoms with Gasteiger partial charge in [0.15, 0.2) is 0 Å². The molecule has 1 atom stereocenters. The van der Waals surface area contributed by atoms with Crippen molar-refractivity contribution in [2.45, 2.75) is 6.17 Å². The van der Waals surface area contributed by atoms with Crippen LogP contribution in [0.3, 0.4) is 0 Å². The van der Waals surface area contributed by atoms with E-state index in [4.69, 9.17) is 4.98 Å². The number of benzene rings is 3. The highest BCUT2D eigenvalue weighted by molar-refractivity contribution is 9.11. The lowest BCUT2D eigenvalue weighted by Crippen LogP contribution is -2.25. The summed E-state index contributed by atoms with van der Waals surface area (Å²) in [6.07, 6.45) is -0.277. The monoisotopic (exact) mass is 469 g/mol.